The maximum absolute atomic E-state index is 11.6. The Morgan fingerprint density at radius 3 is 2.33 bits per heavy atom. The van der Waals surface area contributed by atoms with Crippen LogP contribution in [0.5, 0.6) is 5.75 Å². The molecule has 2 aromatic rings. The number of hydrogen-bond acceptors (Lipinski definition) is 4. The molecule has 0 aliphatic carbocycles. The number of rotatable bonds is 10. The summed E-state index contributed by atoms with van der Waals surface area (Å²) in [6, 6.07) is 13.7. The lowest BCUT2D eigenvalue weighted by Gasteiger charge is -2.12. The van der Waals surface area contributed by atoms with Crippen LogP contribution >= 0.6 is 0 Å². The van der Waals surface area contributed by atoms with Crippen molar-refractivity contribution < 1.29 is 13.2 Å². The number of methoxy groups -OCH3 is 1. The molecule has 0 fully saturated rings. The quantitative estimate of drug-likeness (QED) is 0.396. The van der Waals surface area contributed by atoms with E-state index in [0.717, 1.165) is 47.9 Å². The van der Waals surface area contributed by atoms with Crippen LogP contribution < -0.4 is 20.1 Å². The number of hydrogen-bond donors (Lipinski definition) is 3. The van der Waals surface area contributed by atoms with Gasteiger partial charge in [-0.15, -0.1) is 0 Å². The molecule has 164 valence electrons. The van der Waals surface area contributed by atoms with Gasteiger partial charge in [-0.3, -0.25) is 0 Å². The van der Waals surface area contributed by atoms with Crippen LogP contribution in [0.2, 0.25) is 0 Å². The van der Waals surface area contributed by atoms with Gasteiger partial charge in [0.2, 0.25) is 10.0 Å². The highest BCUT2D eigenvalue weighted by atomic mass is 32.2. The number of guanidine groups is 1. The molecule has 0 aliphatic rings. The van der Waals surface area contributed by atoms with Gasteiger partial charge < -0.3 is 15.4 Å². The van der Waals surface area contributed by atoms with E-state index in [2.05, 4.69) is 38.5 Å². The van der Waals surface area contributed by atoms with Gasteiger partial charge in [0.1, 0.15) is 5.75 Å². The second kappa shape index (κ2) is 11.6. The third-order valence-corrected chi connectivity index (χ3v) is 5.97. The highest BCUT2D eigenvalue weighted by Crippen LogP contribution is 2.19. The maximum atomic E-state index is 11.6. The fraction of sp³-hybridized carbons (Fsp3) is 0.409. The fourth-order valence-electron chi connectivity index (χ4n) is 2.89. The third-order valence-electron chi connectivity index (χ3n) is 4.63. The predicted molar refractivity (Wildman–Crippen MR) is 122 cm³/mol. The van der Waals surface area contributed by atoms with Crippen molar-refractivity contribution in [1.82, 2.24) is 15.4 Å². The van der Waals surface area contributed by atoms with E-state index in [1.54, 1.807) is 7.11 Å². The summed E-state index contributed by atoms with van der Waals surface area (Å²) in [5.74, 6) is 1.62. The maximum Gasteiger partial charge on any atom is 0.215 e. The Balaban J connectivity index is 1.92. The standard InChI is InChI=1S/C22H32N4O3S/c1-5-24-22(25-13-12-18-7-6-17(2)21(14-18)29-4)26-15-19-8-10-20(11-9-19)16-30(27,28)23-3/h6-11,14,23H,5,12-13,15-16H2,1-4H3,(H2,24,25,26). The molecule has 0 atom stereocenters. The van der Waals surface area contributed by atoms with Gasteiger partial charge in [0.25, 0.3) is 0 Å². The highest BCUT2D eigenvalue weighted by Gasteiger charge is 2.08. The highest BCUT2D eigenvalue weighted by molar-refractivity contribution is 7.88. The van der Waals surface area contributed by atoms with Crippen molar-refractivity contribution in [2.45, 2.75) is 32.6 Å². The molecule has 0 spiro atoms. The van der Waals surface area contributed by atoms with E-state index in [0.29, 0.717) is 6.54 Å². The Hall–Kier alpha value is -2.58. The Bertz CT molecular complexity index is 941. The molecule has 8 heteroatoms. The number of nitrogens with one attached hydrogen (secondary N) is 3. The topological polar surface area (TPSA) is 91.8 Å². The first-order chi connectivity index (χ1) is 14.4. The van der Waals surface area contributed by atoms with Crippen molar-refractivity contribution >= 4 is 16.0 Å². The summed E-state index contributed by atoms with van der Waals surface area (Å²) in [7, 11) is -0.157. The Morgan fingerprint density at radius 2 is 1.70 bits per heavy atom. The van der Waals surface area contributed by atoms with Crippen LogP contribution in [0.25, 0.3) is 0 Å². The molecule has 0 aromatic heterocycles. The normalized spacial score (nSPS) is 11.9. The van der Waals surface area contributed by atoms with Gasteiger partial charge in [0.15, 0.2) is 5.96 Å². The minimum Gasteiger partial charge on any atom is -0.496 e. The molecule has 0 saturated heterocycles. The fourth-order valence-corrected chi connectivity index (χ4v) is 3.67. The molecular weight excluding hydrogens is 400 g/mol. The summed E-state index contributed by atoms with van der Waals surface area (Å²) in [5, 5.41) is 6.60. The molecule has 7 nitrogen and oxygen atoms in total. The third kappa shape index (κ3) is 7.68. The Morgan fingerprint density at radius 1 is 1.03 bits per heavy atom. The molecule has 0 heterocycles. The van der Waals surface area contributed by atoms with E-state index < -0.39 is 10.0 Å². The lowest BCUT2D eigenvalue weighted by atomic mass is 10.1. The second-order valence-corrected chi connectivity index (χ2v) is 8.88. The van der Waals surface area contributed by atoms with E-state index in [1.165, 1.54) is 12.6 Å². The van der Waals surface area contributed by atoms with Gasteiger partial charge >= 0.3 is 0 Å². The van der Waals surface area contributed by atoms with Crippen molar-refractivity contribution in [3.63, 3.8) is 0 Å². The SMILES string of the molecule is CCNC(=NCc1ccc(CS(=O)(=O)NC)cc1)NCCc1ccc(C)c(OC)c1. The molecule has 0 radical (unpaired) electrons. The monoisotopic (exact) mass is 432 g/mol. The van der Waals surface area contributed by atoms with Crippen molar-refractivity contribution in [2.75, 3.05) is 27.2 Å². The van der Waals surface area contributed by atoms with Crippen LogP contribution in [0.1, 0.15) is 29.2 Å². The summed E-state index contributed by atoms with van der Waals surface area (Å²) in [4.78, 5) is 4.62. The van der Waals surface area contributed by atoms with E-state index in [-0.39, 0.29) is 5.75 Å². The average molecular weight is 433 g/mol. The zero-order chi connectivity index (χ0) is 22.0. The summed E-state index contributed by atoms with van der Waals surface area (Å²) in [5.41, 5.74) is 4.09. The van der Waals surface area contributed by atoms with Gasteiger partial charge in [-0.2, -0.15) is 0 Å². The number of benzene rings is 2. The summed E-state index contributed by atoms with van der Waals surface area (Å²) < 4.78 is 31.0. The van der Waals surface area contributed by atoms with Crippen molar-refractivity contribution in [1.29, 1.82) is 0 Å². The van der Waals surface area contributed by atoms with E-state index in [4.69, 9.17) is 4.74 Å². The van der Waals surface area contributed by atoms with Crippen LogP contribution in [0.15, 0.2) is 47.5 Å². The van der Waals surface area contributed by atoms with Gasteiger partial charge in [-0.1, -0.05) is 36.4 Å². The van der Waals surface area contributed by atoms with Crippen molar-refractivity contribution in [3.05, 3.63) is 64.7 Å². The van der Waals surface area contributed by atoms with Crippen molar-refractivity contribution in [3.8, 4) is 5.75 Å². The number of sulfonamides is 1. The summed E-state index contributed by atoms with van der Waals surface area (Å²) >= 11 is 0. The van der Waals surface area contributed by atoms with Crippen LogP contribution in [0.4, 0.5) is 0 Å². The van der Waals surface area contributed by atoms with Crippen LogP contribution in [0, 0.1) is 6.92 Å². The first-order valence-corrected chi connectivity index (χ1v) is 11.7. The van der Waals surface area contributed by atoms with Crippen molar-refractivity contribution in [2.24, 2.45) is 4.99 Å². The Kier molecular flexibility index (Phi) is 9.14. The minimum atomic E-state index is -3.26. The number of nitrogens with zero attached hydrogens (tertiary/aromatic N) is 1. The predicted octanol–water partition coefficient (Wildman–Crippen LogP) is 2.35. The lowest BCUT2D eigenvalue weighted by Crippen LogP contribution is -2.38. The van der Waals surface area contributed by atoms with E-state index in [9.17, 15) is 8.42 Å². The van der Waals surface area contributed by atoms with Gasteiger partial charge in [-0.05, 0) is 55.6 Å². The van der Waals surface area contributed by atoms with E-state index in [1.807, 2.05) is 38.1 Å². The smallest absolute Gasteiger partial charge is 0.215 e. The molecule has 0 unspecified atom stereocenters. The number of ether oxygens (including phenoxy) is 1. The molecule has 0 bridgehead atoms. The Labute approximate surface area is 180 Å². The van der Waals surface area contributed by atoms with Gasteiger partial charge in [0.05, 0.1) is 19.4 Å². The second-order valence-electron chi connectivity index (χ2n) is 6.96. The zero-order valence-electron chi connectivity index (χ0n) is 18.2. The largest absolute Gasteiger partial charge is 0.496 e. The van der Waals surface area contributed by atoms with Crippen LogP contribution in [-0.2, 0) is 28.7 Å². The molecule has 2 rings (SSSR count). The minimum absolute atomic E-state index is 0.0267. The zero-order valence-corrected chi connectivity index (χ0v) is 19.0. The lowest BCUT2D eigenvalue weighted by molar-refractivity contribution is 0.411. The molecule has 0 aliphatic heterocycles. The molecule has 0 amide bonds. The van der Waals surface area contributed by atoms with Gasteiger partial charge in [-0.25, -0.2) is 18.1 Å². The molecule has 30 heavy (non-hydrogen) atoms. The molecule has 2 aromatic carbocycles. The average Bonchev–Trinajstić information content (AvgIpc) is 2.74. The first kappa shape index (κ1) is 23.7. The summed E-state index contributed by atoms with van der Waals surface area (Å²) in [6.07, 6.45) is 0.857. The molecule has 0 saturated carbocycles. The van der Waals surface area contributed by atoms with E-state index >= 15 is 0 Å². The van der Waals surface area contributed by atoms with Crippen LogP contribution in [-0.4, -0.2) is 41.6 Å². The van der Waals surface area contributed by atoms with Gasteiger partial charge in [0, 0.05) is 13.1 Å². The number of aliphatic imine (C=N–C) groups is 1. The molecule has 3 N–H and O–H groups in total. The number of aryl methyl sites for hydroxylation is 1. The molecular formula is C22H32N4O3S. The first-order valence-electron chi connectivity index (χ1n) is 10.0. The summed E-state index contributed by atoms with van der Waals surface area (Å²) in [6.45, 7) is 6.08. The van der Waals surface area contributed by atoms with Crippen LogP contribution in [0.3, 0.4) is 0 Å².